The van der Waals surface area contributed by atoms with Crippen molar-refractivity contribution >= 4 is 0 Å². The normalized spacial score (nSPS) is 22.1. The van der Waals surface area contributed by atoms with Crippen molar-refractivity contribution in [3.63, 3.8) is 0 Å². The van der Waals surface area contributed by atoms with Crippen LogP contribution in [0, 0.1) is 5.92 Å². The van der Waals surface area contributed by atoms with Gasteiger partial charge in [0.15, 0.2) is 0 Å². The van der Waals surface area contributed by atoms with Crippen LogP contribution in [0.5, 0.6) is 0 Å². The summed E-state index contributed by atoms with van der Waals surface area (Å²) in [5.41, 5.74) is 4.95. The molecule has 3 heteroatoms. The zero-order chi connectivity index (χ0) is 12.2. The Kier molecular flexibility index (Phi) is 5.22. The van der Waals surface area contributed by atoms with Gasteiger partial charge in [0, 0.05) is 12.6 Å². The third-order valence-corrected chi connectivity index (χ3v) is 4.19. The molecule has 2 atom stereocenters. The predicted molar refractivity (Wildman–Crippen MR) is 68.3 cm³/mol. The van der Waals surface area contributed by atoms with E-state index in [1.165, 1.54) is 12.8 Å². The molecule has 1 aliphatic rings. The summed E-state index contributed by atoms with van der Waals surface area (Å²) in [7, 11) is 2.19. The van der Waals surface area contributed by atoms with E-state index in [4.69, 9.17) is 5.73 Å². The Morgan fingerprint density at radius 3 is 2.56 bits per heavy atom. The van der Waals surface area contributed by atoms with Gasteiger partial charge in [-0.3, -0.25) is 0 Å². The van der Waals surface area contributed by atoms with Crippen LogP contribution in [0.2, 0.25) is 0 Å². The fourth-order valence-corrected chi connectivity index (χ4v) is 2.22. The molecule has 2 unspecified atom stereocenters. The zero-order valence-electron chi connectivity index (χ0n) is 11.1. The standard InChI is InChI=1S/C13H28N2O/c1-4-13(16,10-14)8-5-9-15(3)11(2)12-6-7-12/h11-12,16H,4-10,14H2,1-3H3. The Labute approximate surface area is 100 Å². The Morgan fingerprint density at radius 2 is 2.12 bits per heavy atom. The predicted octanol–water partition coefficient (Wildman–Crippen LogP) is 1.60. The smallest absolute Gasteiger partial charge is 0.0767 e. The lowest BCUT2D eigenvalue weighted by atomic mass is 9.94. The molecule has 1 aliphatic carbocycles. The number of hydrogen-bond donors (Lipinski definition) is 2. The third kappa shape index (κ3) is 4.04. The highest BCUT2D eigenvalue weighted by molar-refractivity contribution is 4.84. The van der Waals surface area contributed by atoms with Crippen LogP contribution >= 0.6 is 0 Å². The maximum absolute atomic E-state index is 10.1. The van der Waals surface area contributed by atoms with Crippen molar-refractivity contribution in [3.05, 3.63) is 0 Å². The monoisotopic (exact) mass is 228 g/mol. The molecule has 0 aromatic heterocycles. The Balaban J connectivity index is 2.18. The molecule has 96 valence electrons. The number of nitrogens with two attached hydrogens (primary N) is 1. The van der Waals surface area contributed by atoms with Gasteiger partial charge in [0.25, 0.3) is 0 Å². The second-order valence-corrected chi connectivity index (χ2v) is 5.44. The second kappa shape index (κ2) is 5.99. The second-order valence-electron chi connectivity index (χ2n) is 5.44. The molecular weight excluding hydrogens is 200 g/mol. The Morgan fingerprint density at radius 1 is 1.50 bits per heavy atom. The maximum atomic E-state index is 10.1. The molecule has 0 amide bonds. The molecule has 1 rings (SSSR count). The SMILES string of the molecule is CCC(O)(CN)CCCN(C)C(C)C1CC1. The summed E-state index contributed by atoms with van der Waals surface area (Å²) in [5.74, 6) is 0.921. The first-order valence-corrected chi connectivity index (χ1v) is 6.65. The van der Waals surface area contributed by atoms with Gasteiger partial charge in [-0.15, -0.1) is 0 Å². The van der Waals surface area contributed by atoms with Crippen molar-refractivity contribution in [3.8, 4) is 0 Å². The van der Waals surface area contributed by atoms with Gasteiger partial charge in [0.2, 0.25) is 0 Å². The van der Waals surface area contributed by atoms with Gasteiger partial charge in [-0.25, -0.2) is 0 Å². The summed E-state index contributed by atoms with van der Waals surface area (Å²) in [5, 5.41) is 10.1. The minimum Gasteiger partial charge on any atom is -0.389 e. The van der Waals surface area contributed by atoms with Gasteiger partial charge in [-0.05, 0) is 58.5 Å². The van der Waals surface area contributed by atoms with E-state index in [0.717, 1.165) is 31.7 Å². The Bertz CT molecular complexity index is 200. The topological polar surface area (TPSA) is 49.5 Å². The summed E-state index contributed by atoms with van der Waals surface area (Å²) < 4.78 is 0. The van der Waals surface area contributed by atoms with E-state index in [1.807, 2.05) is 6.92 Å². The first kappa shape index (κ1) is 13.9. The molecule has 0 bridgehead atoms. The van der Waals surface area contributed by atoms with Crippen molar-refractivity contribution in [2.45, 2.75) is 57.6 Å². The molecule has 0 spiro atoms. The van der Waals surface area contributed by atoms with Gasteiger partial charge in [-0.1, -0.05) is 6.92 Å². The molecular formula is C13H28N2O. The summed E-state index contributed by atoms with van der Waals surface area (Å²) in [6.45, 7) is 5.77. The average Bonchev–Trinajstić information content (AvgIpc) is 3.11. The molecule has 0 aromatic rings. The zero-order valence-corrected chi connectivity index (χ0v) is 11.1. The van der Waals surface area contributed by atoms with Gasteiger partial charge in [0.1, 0.15) is 0 Å². The minimum atomic E-state index is -0.635. The molecule has 0 saturated heterocycles. The first-order chi connectivity index (χ1) is 7.52. The van der Waals surface area contributed by atoms with Crippen LogP contribution in [0.4, 0.5) is 0 Å². The van der Waals surface area contributed by atoms with Crippen LogP contribution < -0.4 is 5.73 Å². The molecule has 1 fully saturated rings. The van der Waals surface area contributed by atoms with Crippen LogP contribution in [-0.2, 0) is 0 Å². The molecule has 0 aliphatic heterocycles. The fraction of sp³-hybridized carbons (Fsp3) is 1.00. The van der Waals surface area contributed by atoms with Crippen LogP contribution in [0.1, 0.15) is 46.0 Å². The largest absolute Gasteiger partial charge is 0.389 e. The third-order valence-electron chi connectivity index (χ3n) is 4.19. The van der Waals surface area contributed by atoms with Crippen LogP contribution in [-0.4, -0.2) is 41.8 Å². The molecule has 0 radical (unpaired) electrons. The van der Waals surface area contributed by atoms with E-state index in [1.54, 1.807) is 0 Å². The molecule has 3 nitrogen and oxygen atoms in total. The maximum Gasteiger partial charge on any atom is 0.0767 e. The van der Waals surface area contributed by atoms with Gasteiger partial charge < -0.3 is 15.7 Å². The summed E-state index contributed by atoms with van der Waals surface area (Å²) in [6, 6.07) is 0.701. The first-order valence-electron chi connectivity index (χ1n) is 6.65. The van der Waals surface area contributed by atoms with Crippen LogP contribution in [0.25, 0.3) is 0 Å². The number of rotatable bonds is 8. The summed E-state index contributed by atoms with van der Waals surface area (Å²) in [6.07, 6.45) is 5.41. The van der Waals surface area contributed by atoms with E-state index < -0.39 is 5.60 Å². The highest BCUT2D eigenvalue weighted by Gasteiger charge is 2.30. The molecule has 1 saturated carbocycles. The summed E-state index contributed by atoms with van der Waals surface area (Å²) >= 11 is 0. The highest BCUT2D eigenvalue weighted by atomic mass is 16.3. The number of aliphatic hydroxyl groups is 1. The average molecular weight is 228 g/mol. The lowest BCUT2D eigenvalue weighted by Crippen LogP contribution is -2.38. The lowest BCUT2D eigenvalue weighted by Gasteiger charge is -2.28. The van der Waals surface area contributed by atoms with Crippen molar-refractivity contribution in [1.82, 2.24) is 4.90 Å². The quantitative estimate of drug-likeness (QED) is 0.663. The van der Waals surface area contributed by atoms with E-state index in [2.05, 4.69) is 18.9 Å². The molecule has 3 N–H and O–H groups in total. The van der Waals surface area contributed by atoms with Crippen molar-refractivity contribution < 1.29 is 5.11 Å². The Hall–Kier alpha value is -0.120. The fourth-order valence-electron chi connectivity index (χ4n) is 2.22. The van der Waals surface area contributed by atoms with E-state index in [-0.39, 0.29) is 0 Å². The lowest BCUT2D eigenvalue weighted by molar-refractivity contribution is 0.0311. The van der Waals surface area contributed by atoms with Crippen molar-refractivity contribution in [2.24, 2.45) is 11.7 Å². The minimum absolute atomic E-state index is 0.380. The van der Waals surface area contributed by atoms with Gasteiger partial charge in [-0.2, -0.15) is 0 Å². The van der Waals surface area contributed by atoms with Crippen molar-refractivity contribution in [1.29, 1.82) is 0 Å². The number of hydrogen-bond acceptors (Lipinski definition) is 3. The number of nitrogens with zero attached hydrogens (tertiary/aromatic N) is 1. The van der Waals surface area contributed by atoms with Crippen LogP contribution in [0.3, 0.4) is 0 Å². The summed E-state index contributed by atoms with van der Waals surface area (Å²) in [4.78, 5) is 2.42. The molecule has 0 aromatic carbocycles. The van der Waals surface area contributed by atoms with E-state index >= 15 is 0 Å². The molecule has 16 heavy (non-hydrogen) atoms. The van der Waals surface area contributed by atoms with Gasteiger partial charge >= 0.3 is 0 Å². The molecule has 0 heterocycles. The van der Waals surface area contributed by atoms with Crippen LogP contribution in [0.15, 0.2) is 0 Å². The highest BCUT2D eigenvalue weighted by Crippen LogP contribution is 2.34. The van der Waals surface area contributed by atoms with E-state index in [9.17, 15) is 5.11 Å². The van der Waals surface area contributed by atoms with Gasteiger partial charge in [0.05, 0.1) is 5.60 Å². The van der Waals surface area contributed by atoms with Crippen molar-refractivity contribution in [2.75, 3.05) is 20.1 Å². The van der Waals surface area contributed by atoms with E-state index in [0.29, 0.717) is 12.6 Å².